The van der Waals surface area contributed by atoms with E-state index >= 15 is 0 Å². The minimum absolute atomic E-state index is 0.0322. The number of nitrogens with zero attached hydrogens (tertiary/aromatic N) is 5. The molecule has 180 valence electrons. The molecule has 0 unspecified atom stereocenters. The van der Waals surface area contributed by atoms with Crippen LogP contribution in [0.1, 0.15) is 46.8 Å². The zero-order valence-electron chi connectivity index (χ0n) is 20.0. The molecule has 1 amide bonds. The Labute approximate surface area is 203 Å². The SMILES string of the molecule is CN1CCN(c2cnc(Nc3cc4c(C5CCCC5)c(C(=O)N(C)C)sc4cn3)c(F)c2)CC1. The van der Waals surface area contributed by atoms with E-state index in [1.54, 1.807) is 37.5 Å². The second-order valence-corrected chi connectivity index (χ2v) is 10.6. The molecule has 0 atom stereocenters. The number of carbonyl (C=O) groups is 1. The summed E-state index contributed by atoms with van der Waals surface area (Å²) in [6.45, 7) is 3.62. The van der Waals surface area contributed by atoms with Gasteiger partial charge >= 0.3 is 0 Å². The van der Waals surface area contributed by atoms with Crippen LogP contribution in [0.25, 0.3) is 10.1 Å². The highest BCUT2D eigenvalue weighted by atomic mass is 32.1. The summed E-state index contributed by atoms with van der Waals surface area (Å²) in [6, 6.07) is 3.49. The van der Waals surface area contributed by atoms with Crippen molar-refractivity contribution in [1.29, 1.82) is 0 Å². The first kappa shape index (κ1) is 23.0. The van der Waals surface area contributed by atoms with Gasteiger partial charge in [0.25, 0.3) is 5.91 Å². The van der Waals surface area contributed by atoms with Gasteiger partial charge in [-0.15, -0.1) is 11.3 Å². The topological polar surface area (TPSA) is 64.6 Å². The van der Waals surface area contributed by atoms with Gasteiger partial charge in [0.1, 0.15) is 5.82 Å². The lowest BCUT2D eigenvalue weighted by Crippen LogP contribution is -2.44. The molecule has 0 aromatic carbocycles. The van der Waals surface area contributed by atoms with Gasteiger partial charge in [-0.1, -0.05) is 12.8 Å². The van der Waals surface area contributed by atoms with E-state index in [4.69, 9.17) is 0 Å². The lowest BCUT2D eigenvalue weighted by atomic mass is 9.94. The molecule has 34 heavy (non-hydrogen) atoms. The molecule has 4 heterocycles. The summed E-state index contributed by atoms with van der Waals surface area (Å²) in [6.07, 6.45) is 8.05. The van der Waals surface area contributed by atoms with Crippen molar-refractivity contribution in [2.24, 2.45) is 0 Å². The first-order chi connectivity index (χ1) is 16.4. The maximum absolute atomic E-state index is 15.0. The normalized spacial score (nSPS) is 17.5. The van der Waals surface area contributed by atoms with Gasteiger partial charge in [0.05, 0.1) is 21.5 Å². The van der Waals surface area contributed by atoms with Crippen LogP contribution in [0.3, 0.4) is 0 Å². The van der Waals surface area contributed by atoms with E-state index in [1.807, 2.05) is 6.07 Å². The van der Waals surface area contributed by atoms with Crippen LogP contribution in [0, 0.1) is 5.82 Å². The second kappa shape index (κ2) is 9.46. The third-order valence-electron chi connectivity index (χ3n) is 6.92. The lowest BCUT2D eigenvalue weighted by Gasteiger charge is -2.33. The number of fused-ring (bicyclic) bond motifs is 1. The van der Waals surface area contributed by atoms with E-state index in [-0.39, 0.29) is 11.7 Å². The number of rotatable bonds is 5. The summed E-state index contributed by atoms with van der Waals surface area (Å²) < 4.78 is 15.9. The minimum Gasteiger partial charge on any atom is -0.368 e. The van der Waals surface area contributed by atoms with E-state index in [9.17, 15) is 9.18 Å². The Hall–Kier alpha value is -2.78. The van der Waals surface area contributed by atoms with Crippen molar-refractivity contribution < 1.29 is 9.18 Å². The maximum Gasteiger partial charge on any atom is 0.263 e. The zero-order valence-corrected chi connectivity index (χ0v) is 20.8. The number of carbonyl (C=O) groups excluding carboxylic acids is 1. The Morgan fingerprint density at radius 1 is 1.12 bits per heavy atom. The Kier molecular flexibility index (Phi) is 6.40. The van der Waals surface area contributed by atoms with Crippen molar-refractivity contribution >= 4 is 44.7 Å². The van der Waals surface area contributed by atoms with Gasteiger partial charge in [-0.05, 0) is 37.4 Å². The number of anilines is 3. The molecule has 2 fully saturated rings. The van der Waals surface area contributed by atoms with E-state index in [0.29, 0.717) is 11.7 Å². The predicted octanol–water partition coefficient (Wildman–Crippen LogP) is 4.69. The number of nitrogens with one attached hydrogen (secondary N) is 1. The molecule has 3 aromatic rings. The highest BCUT2D eigenvalue weighted by molar-refractivity contribution is 7.21. The lowest BCUT2D eigenvalue weighted by molar-refractivity contribution is 0.0831. The average Bonchev–Trinajstić information content (AvgIpc) is 3.47. The Bertz CT molecular complexity index is 1200. The van der Waals surface area contributed by atoms with Crippen molar-refractivity contribution in [3.63, 3.8) is 0 Å². The molecule has 5 rings (SSSR count). The summed E-state index contributed by atoms with van der Waals surface area (Å²) in [5.41, 5.74) is 1.92. The number of pyridine rings is 2. The molecule has 3 aromatic heterocycles. The molecule has 2 aliphatic rings. The number of amides is 1. The van der Waals surface area contributed by atoms with Crippen molar-refractivity contribution in [3.05, 3.63) is 40.8 Å². The van der Waals surface area contributed by atoms with Crippen molar-refractivity contribution in [1.82, 2.24) is 19.8 Å². The molecule has 0 bridgehead atoms. The summed E-state index contributed by atoms with van der Waals surface area (Å²) in [4.78, 5) is 28.6. The fourth-order valence-electron chi connectivity index (χ4n) is 4.95. The van der Waals surface area contributed by atoms with E-state index in [0.717, 1.165) is 65.2 Å². The zero-order chi connectivity index (χ0) is 23.8. The maximum atomic E-state index is 15.0. The minimum atomic E-state index is -0.400. The molecular formula is C25H31FN6OS. The summed E-state index contributed by atoms with van der Waals surface area (Å²) in [5, 5.41) is 4.10. The fourth-order valence-corrected chi connectivity index (χ4v) is 6.21. The molecule has 1 aliphatic carbocycles. The van der Waals surface area contributed by atoms with Crippen LogP contribution in [-0.4, -0.2) is 73.0 Å². The van der Waals surface area contributed by atoms with Gasteiger partial charge in [0, 0.05) is 57.9 Å². The molecule has 1 saturated heterocycles. The number of thiophene rings is 1. The number of halogens is 1. The first-order valence-corrected chi connectivity index (χ1v) is 12.7. The van der Waals surface area contributed by atoms with Gasteiger partial charge < -0.3 is 20.0 Å². The molecular weight excluding hydrogens is 451 g/mol. The monoisotopic (exact) mass is 482 g/mol. The van der Waals surface area contributed by atoms with E-state index in [1.165, 1.54) is 24.2 Å². The van der Waals surface area contributed by atoms with Crippen LogP contribution >= 0.6 is 11.3 Å². The summed E-state index contributed by atoms with van der Waals surface area (Å²) in [7, 11) is 5.67. The summed E-state index contributed by atoms with van der Waals surface area (Å²) >= 11 is 1.50. The van der Waals surface area contributed by atoms with Crippen LogP contribution in [0.4, 0.5) is 21.7 Å². The smallest absolute Gasteiger partial charge is 0.263 e. The standard InChI is InChI=1S/C25H31FN6OS/c1-30(2)25(33)23-22(16-6-4-5-7-16)18-13-21(27-15-20(18)34-23)29-24-19(26)12-17(14-28-24)32-10-8-31(3)9-11-32/h12-16H,4-11H2,1-3H3,(H,27,28,29). The quantitative estimate of drug-likeness (QED) is 0.570. The second-order valence-electron chi connectivity index (χ2n) is 9.53. The highest BCUT2D eigenvalue weighted by Crippen LogP contribution is 2.44. The Morgan fingerprint density at radius 3 is 2.53 bits per heavy atom. The van der Waals surface area contributed by atoms with Gasteiger partial charge in [-0.25, -0.2) is 14.4 Å². The van der Waals surface area contributed by atoms with Crippen LogP contribution in [0.15, 0.2) is 24.5 Å². The van der Waals surface area contributed by atoms with E-state index in [2.05, 4.69) is 32.1 Å². The van der Waals surface area contributed by atoms with Crippen LogP contribution < -0.4 is 10.2 Å². The average molecular weight is 483 g/mol. The van der Waals surface area contributed by atoms with Gasteiger partial charge in [-0.3, -0.25) is 4.79 Å². The third-order valence-corrected chi connectivity index (χ3v) is 8.06. The van der Waals surface area contributed by atoms with Gasteiger partial charge in [-0.2, -0.15) is 0 Å². The van der Waals surface area contributed by atoms with Crippen LogP contribution in [0.5, 0.6) is 0 Å². The molecule has 1 saturated carbocycles. The predicted molar refractivity (Wildman–Crippen MR) is 136 cm³/mol. The molecule has 0 spiro atoms. The molecule has 1 aliphatic heterocycles. The number of likely N-dealkylation sites (N-methyl/N-ethyl adjacent to an activating group) is 1. The molecule has 7 nitrogen and oxygen atoms in total. The van der Waals surface area contributed by atoms with Gasteiger partial charge in [0.2, 0.25) is 0 Å². The van der Waals surface area contributed by atoms with E-state index < -0.39 is 5.82 Å². The Balaban J connectivity index is 1.44. The largest absolute Gasteiger partial charge is 0.368 e. The van der Waals surface area contributed by atoms with Gasteiger partial charge in [0.15, 0.2) is 11.6 Å². The van der Waals surface area contributed by atoms with Crippen molar-refractivity contribution in [2.75, 3.05) is 57.5 Å². The first-order valence-electron chi connectivity index (χ1n) is 11.9. The Morgan fingerprint density at radius 2 is 1.85 bits per heavy atom. The number of hydrogen-bond acceptors (Lipinski definition) is 7. The molecule has 0 radical (unpaired) electrons. The number of piperazine rings is 1. The van der Waals surface area contributed by atoms with Crippen molar-refractivity contribution in [3.8, 4) is 0 Å². The molecule has 1 N–H and O–H groups in total. The van der Waals surface area contributed by atoms with Crippen molar-refractivity contribution in [2.45, 2.75) is 31.6 Å². The number of hydrogen-bond donors (Lipinski definition) is 1. The van der Waals surface area contributed by atoms with Crippen LogP contribution in [-0.2, 0) is 0 Å². The molecule has 9 heteroatoms. The number of aromatic nitrogens is 2. The fraction of sp³-hybridized carbons (Fsp3) is 0.480. The van der Waals surface area contributed by atoms with Crippen LogP contribution in [0.2, 0.25) is 0 Å². The third kappa shape index (κ3) is 4.46. The summed E-state index contributed by atoms with van der Waals surface area (Å²) in [5.74, 6) is 0.702. The highest BCUT2D eigenvalue weighted by Gasteiger charge is 2.28.